The Labute approximate surface area is 155 Å². The summed E-state index contributed by atoms with van der Waals surface area (Å²) in [5.74, 6) is 1.15. The first kappa shape index (κ1) is 20.7. The molecule has 1 fully saturated rings. The van der Waals surface area contributed by atoms with Gasteiger partial charge in [0.15, 0.2) is 0 Å². The van der Waals surface area contributed by atoms with Gasteiger partial charge in [-0.3, -0.25) is 4.79 Å². The molecule has 24 heavy (non-hydrogen) atoms. The van der Waals surface area contributed by atoms with E-state index in [1.807, 2.05) is 18.2 Å². The molecular formula is C17H26Cl2N4O. The Morgan fingerprint density at radius 2 is 2.17 bits per heavy atom. The van der Waals surface area contributed by atoms with Crippen LogP contribution in [0.5, 0.6) is 0 Å². The van der Waals surface area contributed by atoms with Crippen molar-refractivity contribution in [3.8, 4) is 0 Å². The first-order valence-corrected chi connectivity index (χ1v) is 8.21. The molecule has 2 atom stereocenters. The summed E-state index contributed by atoms with van der Waals surface area (Å²) in [6.07, 6.45) is 5.87. The zero-order chi connectivity index (χ0) is 15.5. The molecule has 1 aliphatic rings. The second-order valence-electron chi connectivity index (χ2n) is 6.28. The van der Waals surface area contributed by atoms with Crippen molar-refractivity contribution in [2.45, 2.75) is 51.5 Å². The van der Waals surface area contributed by atoms with Crippen molar-refractivity contribution in [1.29, 1.82) is 0 Å². The van der Waals surface area contributed by atoms with Gasteiger partial charge in [0.1, 0.15) is 5.82 Å². The molecule has 1 aromatic heterocycles. The monoisotopic (exact) mass is 372 g/mol. The van der Waals surface area contributed by atoms with E-state index in [-0.39, 0.29) is 42.7 Å². The molecule has 0 saturated heterocycles. The second-order valence-corrected chi connectivity index (χ2v) is 6.28. The number of carbonyl (C=O) groups excluding carboxylic acids is 1. The fraction of sp³-hybridized carbons (Fsp3) is 0.529. The van der Waals surface area contributed by atoms with Crippen LogP contribution in [0, 0.1) is 5.92 Å². The lowest BCUT2D eigenvalue weighted by molar-refractivity contribution is -0.119. The van der Waals surface area contributed by atoms with Crippen molar-refractivity contribution in [2.75, 3.05) is 5.32 Å². The van der Waals surface area contributed by atoms with E-state index < -0.39 is 0 Å². The average molecular weight is 373 g/mol. The Kier molecular flexibility index (Phi) is 8.00. The highest BCUT2D eigenvalue weighted by atomic mass is 35.5. The molecule has 3 rings (SSSR count). The number of unbranched alkanes of at least 4 members (excludes halogenated alkanes) is 1. The third-order valence-electron chi connectivity index (χ3n) is 4.41. The number of fused-ring (bicyclic) bond motifs is 1. The molecule has 0 spiro atoms. The average Bonchev–Trinajstić information content (AvgIpc) is 3.10. The maximum Gasteiger partial charge on any atom is 0.227 e. The third kappa shape index (κ3) is 4.85. The van der Waals surface area contributed by atoms with Crippen LogP contribution in [0.1, 0.15) is 44.9 Å². The van der Waals surface area contributed by atoms with Gasteiger partial charge in [-0.2, -0.15) is 0 Å². The van der Waals surface area contributed by atoms with Gasteiger partial charge in [-0.25, -0.2) is 4.98 Å². The van der Waals surface area contributed by atoms with Gasteiger partial charge < -0.3 is 16.0 Å². The van der Waals surface area contributed by atoms with Crippen molar-refractivity contribution in [3.05, 3.63) is 24.0 Å². The molecule has 2 aromatic rings. The predicted molar refractivity (Wildman–Crippen MR) is 103 cm³/mol. The summed E-state index contributed by atoms with van der Waals surface area (Å²) < 4.78 is 0. The van der Waals surface area contributed by atoms with Gasteiger partial charge in [-0.05, 0) is 43.9 Å². The number of nitrogens with one attached hydrogen (secondary N) is 2. The number of hydrogen-bond acceptors (Lipinski definition) is 3. The number of aryl methyl sites for hydroxylation is 1. The predicted octanol–water partition coefficient (Wildman–Crippen LogP) is 3.82. The molecule has 1 heterocycles. The van der Waals surface area contributed by atoms with Crippen LogP contribution < -0.4 is 11.1 Å². The lowest BCUT2D eigenvalue weighted by Crippen LogP contribution is -2.23. The largest absolute Gasteiger partial charge is 0.342 e. The molecule has 2 unspecified atom stereocenters. The molecule has 1 saturated carbocycles. The molecule has 5 nitrogen and oxygen atoms in total. The minimum absolute atomic E-state index is 0. The van der Waals surface area contributed by atoms with Crippen molar-refractivity contribution in [2.24, 2.45) is 11.7 Å². The van der Waals surface area contributed by atoms with E-state index in [0.717, 1.165) is 61.1 Å². The van der Waals surface area contributed by atoms with E-state index in [1.165, 1.54) is 0 Å². The summed E-state index contributed by atoms with van der Waals surface area (Å²) in [5, 5.41) is 3.01. The van der Waals surface area contributed by atoms with Crippen LogP contribution in [-0.2, 0) is 11.2 Å². The van der Waals surface area contributed by atoms with Gasteiger partial charge in [0, 0.05) is 24.1 Å². The van der Waals surface area contributed by atoms with Crippen molar-refractivity contribution < 1.29 is 4.79 Å². The highest BCUT2D eigenvalue weighted by molar-refractivity contribution is 5.94. The molecule has 4 N–H and O–H groups in total. The van der Waals surface area contributed by atoms with E-state index >= 15 is 0 Å². The standard InChI is InChI=1S/C17H24N4O.2ClH/c1-2-3-4-16-20-14-8-7-13(10-15(14)21-16)19-17(22)11-5-6-12(18)9-11;;/h7-8,10-12H,2-6,9,18H2,1H3,(H,19,22)(H,20,21);2*1H. The summed E-state index contributed by atoms with van der Waals surface area (Å²) in [4.78, 5) is 20.2. The lowest BCUT2D eigenvalue weighted by atomic mass is 10.1. The molecule has 0 aliphatic heterocycles. The molecule has 134 valence electrons. The number of rotatable bonds is 5. The van der Waals surface area contributed by atoms with Crippen LogP contribution in [0.4, 0.5) is 5.69 Å². The molecule has 0 bridgehead atoms. The molecule has 1 amide bonds. The zero-order valence-electron chi connectivity index (χ0n) is 13.9. The normalized spacial score (nSPS) is 19.6. The zero-order valence-corrected chi connectivity index (χ0v) is 15.5. The van der Waals surface area contributed by atoms with Gasteiger partial charge >= 0.3 is 0 Å². The maximum atomic E-state index is 12.3. The Hall–Kier alpha value is -1.30. The van der Waals surface area contributed by atoms with Crippen LogP contribution >= 0.6 is 24.8 Å². The van der Waals surface area contributed by atoms with Crippen molar-refractivity contribution >= 4 is 47.4 Å². The SMILES string of the molecule is CCCCc1nc2ccc(NC(=O)C3CCC(N)C3)cc2[nH]1.Cl.Cl. The number of aromatic amines is 1. The topological polar surface area (TPSA) is 83.8 Å². The summed E-state index contributed by atoms with van der Waals surface area (Å²) in [5.41, 5.74) is 8.63. The number of carbonyl (C=O) groups is 1. The molecule has 0 radical (unpaired) electrons. The number of halogens is 2. The minimum atomic E-state index is 0. The van der Waals surface area contributed by atoms with E-state index in [9.17, 15) is 4.79 Å². The highest BCUT2D eigenvalue weighted by Crippen LogP contribution is 2.26. The number of hydrogen-bond donors (Lipinski definition) is 3. The number of imidazole rings is 1. The summed E-state index contributed by atoms with van der Waals surface area (Å²) in [6.45, 7) is 2.17. The number of anilines is 1. The van der Waals surface area contributed by atoms with Crippen molar-refractivity contribution in [3.63, 3.8) is 0 Å². The number of nitrogens with zero attached hydrogens (tertiary/aromatic N) is 1. The molecule has 1 aliphatic carbocycles. The molecular weight excluding hydrogens is 347 g/mol. The van der Waals surface area contributed by atoms with Crippen molar-refractivity contribution in [1.82, 2.24) is 9.97 Å². The minimum Gasteiger partial charge on any atom is -0.342 e. The van der Waals surface area contributed by atoms with Gasteiger partial charge in [0.25, 0.3) is 0 Å². The van der Waals surface area contributed by atoms with E-state index in [0.29, 0.717) is 0 Å². The summed E-state index contributed by atoms with van der Waals surface area (Å²) in [6, 6.07) is 6.01. The summed E-state index contributed by atoms with van der Waals surface area (Å²) >= 11 is 0. The van der Waals surface area contributed by atoms with Crippen LogP contribution in [0.2, 0.25) is 0 Å². The van der Waals surface area contributed by atoms with E-state index in [4.69, 9.17) is 5.73 Å². The van der Waals surface area contributed by atoms with Gasteiger partial charge in [-0.15, -0.1) is 24.8 Å². The number of nitrogens with two attached hydrogens (primary N) is 1. The number of aromatic nitrogens is 2. The smallest absolute Gasteiger partial charge is 0.227 e. The summed E-state index contributed by atoms with van der Waals surface area (Å²) in [7, 11) is 0. The highest BCUT2D eigenvalue weighted by Gasteiger charge is 2.27. The number of amides is 1. The Morgan fingerprint density at radius 3 is 2.83 bits per heavy atom. The Balaban J connectivity index is 0.00000144. The van der Waals surface area contributed by atoms with E-state index in [2.05, 4.69) is 22.2 Å². The maximum absolute atomic E-state index is 12.3. The van der Waals surface area contributed by atoms with E-state index in [1.54, 1.807) is 0 Å². The van der Waals surface area contributed by atoms with Crippen LogP contribution in [0.3, 0.4) is 0 Å². The number of benzene rings is 1. The third-order valence-corrected chi connectivity index (χ3v) is 4.41. The van der Waals surface area contributed by atoms with Crippen LogP contribution in [0.25, 0.3) is 11.0 Å². The first-order chi connectivity index (χ1) is 10.7. The van der Waals surface area contributed by atoms with Gasteiger partial charge in [-0.1, -0.05) is 13.3 Å². The lowest BCUT2D eigenvalue weighted by Gasteiger charge is -2.10. The second kappa shape index (κ2) is 9.25. The van der Waals surface area contributed by atoms with Crippen LogP contribution in [-0.4, -0.2) is 21.9 Å². The van der Waals surface area contributed by atoms with Gasteiger partial charge in [0.05, 0.1) is 11.0 Å². The Bertz CT molecular complexity index is 674. The Morgan fingerprint density at radius 1 is 1.38 bits per heavy atom. The number of H-pyrrole nitrogens is 1. The molecule has 7 heteroatoms. The fourth-order valence-electron chi connectivity index (χ4n) is 3.10. The first-order valence-electron chi connectivity index (χ1n) is 8.21. The fourth-order valence-corrected chi connectivity index (χ4v) is 3.10. The molecule has 1 aromatic carbocycles. The van der Waals surface area contributed by atoms with Gasteiger partial charge in [0.2, 0.25) is 5.91 Å². The van der Waals surface area contributed by atoms with Crippen LogP contribution in [0.15, 0.2) is 18.2 Å². The quantitative estimate of drug-likeness (QED) is 0.745.